The second kappa shape index (κ2) is 24.7. The number of aliphatic carboxylic acids is 1. The van der Waals surface area contributed by atoms with Gasteiger partial charge in [-0.2, -0.15) is 0 Å². The first-order chi connectivity index (χ1) is 18.6. The Morgan fingerprint density at radius 1 is 0.658 bits per heavy atom. The molecule has 0 atom stereocenters. The Balaban J connectivity index is 1.70. The van der Waals surface area contributed by atoms with Crippen molar-refractivity contribution in [3.8, 4) is 5.75 Å². The molecule has 0 aromatic heterocycles. The van der Waals surface area contributed by atoms with Crippen LogP contribution in [0.5, 0.6) is 5.75 Å². The van der Waals surface area contributed by atoms with E-state index in [0.717, 1.165) is 6.29 Å². The molecular weight excluding hydrogens is 502 g/mol. The maximum absolute atomic E-state index is 11.3. The van der Waals surface area contributed by atoms with Gasteiger partial charge in [-0.1, -0.05) is 0 Å². The van der Waals surface area contributed by atoms with E-state index in [1.807, 2.05) is 0 Å². The molecule has 38 heavy (non-hydrogen) atoms. The molecule has 1 rings (SSSR count). The van der Waals surface area contributed by atoms with E-state index in [0.29, 0.717) is 110 Å². The fourth-order valence-corrected chi connectivity index (χ4v) is 2.77. The molecule has 1 aromatic carbocycles. The highest BCUT2D eigenvalue weighted by Crippen LogP contribution is 2.10. The van der Waals surface area contributed by atoms with Crippen molar-refractivity contribution >= 4 is 18.2 Å². The standard InChI is InChI=1S/C26H41NO11/c28-22-23-2-4-24(5-3-23)38-21-20-37-19-18-36-17-16-35-15-14-34-13-12-33-11-10-32-9-1-8-27-25(29)6-7-26(30)31/h2-5,22H,1,6-21H2,(H,27,29)(H,30,31). The summed E-state index contributed by atoms with van der Waals surface area (Å²) in [5.74, 6) is -0.557. The molecule has 216 valence electrons. The lowest BCUT2D eigenvalue weighted by atomic mass is 10.2. The highest BCUT2D eigenvalue weighted by Gasteiger charge is 2.04. The van der Waals surface area contributed by atoms with Crippen LogP contribution in [-0.4, -0.2) is 116 Å². The number of hydrogen-bond acceptors (Lipinski definition) is 10. The lowest BCUT2D eigenvalue weighted by Crippen LogP contribution is -2.25. The van der Waals surface area contributed by atoms with Gasteiger partial charge in [0.05, 0.1) is 79.1 Å². The normalized spacial score (nSPS) is 10.8. The highest BCUT2D eigenvalue weighted by atomic mass is 16.6. The Labute approximate surface area is 223 Å². The van der Waals surface area contributed by atoms with Gasteiger partial charge in [0.15, 0.2) is 0 Å². The second-order valence-corrected chi connectivity index (χ2v) is 7.81. The number of amides is 1. The molecule has 0 heterocycles. The van der Waals surface area contributed by atoms with Gasteiger partial charge in [0.2, 0.25) is 5.91 Å². The Bertz CT molecular complexity index is 730. The lowest BCUT2D eigenvalue weighted by Gasteiger charge is -2.09. The molecule has 0 unspecified atom stereocenters. The zero-order chi connectivity index (χ0) is 27.5. The summed E-state index contributed by atoms with van der Waals surface area (Å²) < 4.78 is 38.0. The van der Waals surface area contributed by atoms with Crippen LogP contribution in [0, 0.1) is 0 Å². The summed E-state index contributed by atoms with van der Waals surface area (Å²) in [7, 11) is 0. The van der Waals surface area contributed by atoms with Gasteiger partial charge < -0.3 is 43.6 Å². The predicted octanol–water partition coefficient (Wildman–Crippen LogP) is 1.35. The minimum atomic E-state index is -0.983. The molecule has 0 aliphatic heterocycles. The molecule has 2 N–H and O–H groups in total. The molecule has 0 saturated heterocycles. The minimum Gasteiger partial charge on any atom is -0.491 e. The summed E-state index contributed by atoms with van der Waals surface area (Å²) in [6, 6.07) is 6.89. The van der Waals surface area contributed by atoms with Crippen molar-refractivity contribution in [3.05, 3.63) is 29.8 Å². The first-order valence-electron chi connectivity index (χ1n) is 12.7. The summed E-state index contributed by atoms with van der Waals surface area (Å²) in [6.45, 7) is 6.48. The van der Waals surface area contributed by atoms with Gasteiger partial charge >= 0.3 is 5.97 Å². The van der Waals surface area contributed by atoms with Crippen LogP contribution < -0.4 is 10.1 Å². The summed E-state index contributed by atoms with van der Waals surface area (Å²) in [5.41, 5.74) is 0.610. The summed E-state index contributed by atoms with van der Waals surface area (Å²) in [4.78, 5) is 32.3. The Morgan fingerprint density at radius 3 is 1.55 bits per heavy atom. The number of carboxylic acids is 1. The van der Waals surface area contributed by atoms with E-state index in [4.69, 9.17) is 38.3 Å². The quantitative estimate of drug-likeness (QED) is 0.122. The molecule has 0 bridgehead atoms. The molecule has 0 aliphatic rings. The molecule has 0 saturated carbocycles. The largest absolute Gasteiger partial charge is 0.491 e. The minimum absolute atomic E-state index is 0.0101. The first kappa shape index (κ1) is 33.4. The van der Waals surface area contributed by atoms with Gasteiger partial charge in [-0.3, -0.25) is 14.4 Å². The first-order valence-corrected chi connectivity index (χ1v) is 12.7. The van der Waals surface area contributed by atoms with Crippen molar-refractivity contribution in [2.45, 2.75) is 19.3 Å². The van der Waals surface area contributed by atoms with Crippen LogP contribution in [0.2, 0.25) is 0 Å². The molecule has 0 radical (unpaired) electrons. The number of benzene rings is 1. The molecule has 0 spiro atoms. The fraction of sp³-hybridized carbons (Fsp3) is 0.654. The number of ether oxygens (including phenoxy) is 7. The molecule has 12 heteroatoms. The van der Waals surface area contributed by atoms with Crippen LogP contribution in [-0.2, 0) is 38.0 Å². The van der Waals surface area contributed by atoms with Gasteiger partial charge in [-0.15, -0.1) is 0 Å². The third-order valence-electron chi connectivity index (χ3n) is 4.73. The molecule has 12 nitrogen and oxygen atoms in total. The summed E-state index contributed by atoms with van der Waals surface area (Å²) >= 11 is 0. The van der Waals surface area contributed by atoms with Crippen LogP contribution in [0.25, 0.3) is 0 Å². The van der Waals surface area contributed by atoms with E-state index in [-0.39, 0.29) is 18.7 Å². The number of rotatable bonds is 27. The van der Waals surface area contributed by atoms with E-state index in [1.165, 1.54) is 0 Å². The zero-order valence-electron chi connectivity index (χ0n) is 21.9. The smallest absolute Gasteiger partial charge is 0.303 e. The van der Waals surface area contributed by atoms with E-state index in [9.17, 15) is 14.4 Å². The summed E-state index contributed by atoms with van der Waals surface area (Å²) in [5, 5.41) is 11.1. The molecule has 0 aliphatic carbocycles. The van der Waals surface area contributed by atoms with Crippen molar-refractivity contribution in [3.63, 3.8) is 0 Å². The van der Waals surface area contributed by atoms with Crippen molar-refractivity contribution in [1.29, 1.82) is 0 Å². The van der Waals surface area contributed by atoms with E-state index in [2.05, 4.69) is 5.32 Å². The number of carboxylic acid groups (broad SMARTS) is 1. The van der Waals surface area contributed by atoms with Crippen LogP contribution >= 0.6 is 0 Å². The summed E-state index contributed by atoms with van der Waals surface area (Å²) in [6.07, 6.45) is 1.27. The fourth-order valence-electron chi connectivity index (χ4n) is 2.77. The number of carbonyl (C=O) groups is 3. The van der Waals surface area contributed by atoms with Crippen molar-refractivity contribution in [1.82, 2.24) is 5.32 Å². The van der Waals surface area contributed by atoms with E-state index >= 15 is 0 Å². The number of nitrogens with one attached hydrogen (secondary N) is 1. The van der Waals surface area contributed by atoms with Crippen LogP contribution in [0.3, 0.4) is 0 Å². The maximum Gasteiger partial charge on any atom is 0.303 e. The van der Waals surface area contributed by atoms with Gasteiger partial charge in [0.25, 0.3) is 0 Å². The molecule has 0 fully saturated rings. The van der Waals surface area contributed by atoms with Crippen molar-refractivity contribution < 1.29 is 52.6 Å². The number of hydrogen-bond donors (Lipinski definition) is 2. The van der Waals surface area contributed by atoms with Gasteiger partial charge in [-0.05, 0) is 30.7 Å². The van der Waals surface area contributed by atoms with E-state index < -0.39 is 5.97 Å². The SMILES string of the molecule is O=Cc1ccc(OCCOCCOCCOCCOCCOCCOCCCNC(=O)CCC(=O)O)cc1. The number of aldehydes is 1. The Morgan fingerprint density at radius 2 is 1.11 bits per heavy atom. The van der Waals surface area contributed by atoms with Crippen LogP contribution in [0.15, 0.2) is 24.3 Å². The second-order valence-electron chi connectivity index (χ2n) is 7.81. The predicted molar refractivity (Wildman–Crippen MR) is 137 cm³/mol. The highest BCUT2D eigenvalue weighted by molar-refractivity contribution is 5.80. The Hall–Kier alpha value is -2.61. The lowest BCUT2D eigenvalue weighted by molar-refractivity contribution is -0.138. The molecular formula is C26H41NO11. The molecule has 1 aromatic rings. The third-order valence-corrected chi connectivity index (χ3v) is 4.73. The van der Waals surface area contributed by atoms with Gasteiger partial charge in [0.1, 0.15) is 18.6 Å². The topological polar surface area (TPSA) is 148 Å². The maximum atomic E-state index is 11.3. The van der Waals surface area contributed by atoms with Gasteiger partial charge in [-0.25, -0.2) is 0 Å². The Kier molecular flexibility index (Phi) is 21.7. The average molecular weight is 544 g/mol. The third kappa shape index (κ3) is 21.5. The number of carbonyl (C=O) groups excluding carboxylic acids is 2. The van der Waals surface area contributed by atoms with Crippen molar-refractivity contribution in [2.75, 3.05) is 92.4 Å². The van der Waals surface area contributed by atoms with Crippen LogP contribution in [0.4, 0.5) is 0 Å². The van der Waals surface area contributed by atoms with Crippen LogP contribution in [0.1, 0.15) is 29.6 Å². The molecule has 1 amide bonds. The van der Waals surface area contributed by atoms with E-state index in [1.54, 1.807) is 24.3 Å². The van der Waals surface area contributed by atoms with Gasteiger partial charge in [0, 0.05) is 25.1 Å². The average Bonchev–Trinajstić information content (AvgIpc) is 2.92. The zero-order valence-corrected chi connectivity index (χ0v) is 21.9. The van der Waals surface area contributed by atoms with Crippen molar-refractivity contribution in [2.24, 2.45) is 0 Å². The monoisotopic (exact) mass is 543 g/mol.